The molecular weight excluding hydrogens is 288 g/mol. The van der Waals surface area contributed by atoms with E-state index in [0.717, 1.165) is 23.5 Å². The van der Waals surface area contributed by atoms with E-state index in [-0.39, 0.29) is 6.61 Å². The average molecular weight is 304 g/mol. The first-order valence-electron chi connectivity index (χ1n) is 5.55. The molecule has 0 saturated heterocycles. The van der Waals surface area contributed by atoms with Gasteiger partial charge in [-0.3, -0.25) is 10.1 Å². The maximum absolute atomic E-state index is 10.3. The Hall–Kier alpha value is -1.12. The largest absolute Gasteiger partial charge is 0.463 e. The van der Waals surface area contributed by atoms with Gasteiger partial charge < -0.3 is 14.8 Å². The molecule has 0 fully saturated rings. The molecule has 0 aliphatic rings. The molecule has 6 nitrogen and oxygen atoms in total. The molecule has 19 heavy (non-hydrogen) atoms. The van der Waals surface area contributed by atoms with Crippen molar-refractivity contribution in [2.75, 3.05) is 18.6 Å². The summed E-state index contributed by atoms with van der Waals surface area (Å²) in [5.74, 6) is 2.91. The van der Waals surface area contributed by atoms with Crippen molar-refractivity contribution in [3.63, 3.8) is 0 Å². The fraction of sp³-hybridized carbons (Fsp3) is 0.455. The number of furan rings is 1. The van der Waals surface area contributed by atoms with Crippen molar-refractivity contribution in [3.8, 4) is 0 Å². The van der Waals surface area contributed by atoms with E-state index in [1.54, 1.807) is 24.1 Å². The highest BCUT2D eigenvalue weighted by Crippen LogP contribution is 2.15. The Labute approximate surface area is 119 Å². The third kappa shape index (κ3) is 6.55. The molecule has 0 bridgehead atoms. The molecule has 1 aromatic rings. The zero-order chi connectivity index (χ0) is 14.1. The number of nitrogens with zero attached hydrogens (tertiary/aromatic N) is 1. The summed E-state index contributed by atoms with van der Waals surface area (Å²) in [6, 6.07) is 3.59. The number of hydrogen-bond acceptors (Lipinski definition) is 7. The summed E-state index contributed by atoms with van der Waals surface area (Å²) < 4.78 is 5.34. The van der Waals surface area contributed by atoms with E-state index in [4.69, 9.17) is 9.52 Å². The van der Waals surface area contributed by atoms with Crippen molar-refractivity contribution in [1.82, 2.24) is 5.32 Å². The SMILES string of the molecule is CS/C(=C\[N+](=O)[O-])NCCSCc1ccc(CO)o1. The smallest absolute Gasteiger partial charge is 0.263 e. The molecule has 8 heteroatoms. The Morgan fingerprint density at radius 1 is 1.58 bits per heavy atom. The molecule has 0 atom stereocenters. The lowest BCUT2D eigenvalue weighted by atomic mass is 10.4. The van der Waals surface area contributed by atoms with E-state index in [0.29, 0.717) is 17.3 Å². The van der Waals surface area contributed by atoms with E-state index in [2.05, 4.69) is 5.32 Å². The van der Waals surface area contributed by atoms with E-state index in [9.17, 15) is 10.1 Å². The van der Waals surface area contributed by atoms with Gasteiger partial charge in [-0.05, 0) is 18.4 Å². The molecule has 1 heterocycles. The van der Waals surface area contributed by atoms with Gasteiger partial charge in [-0.25, -0.2) is 0 Å². The molecule has 106 valence electrons. The zero-order valence-electron chi connectivity index (χ0n) is 10.5. The molecule has 0 aromatic carbocycles. The van der Waals surface area contributed by atoms with Crippen LogP contribution in [0.2, 0.25) is 0 Å². The number of aliphatic hydroxyl groups is 1. The van der Waals surface area contributed by atoms with Crippen LogP contribution in [0.1, 0.15) is 11.5 Å². The van der Waals surface area contributed by atoms with Crippen molar-refractivity contribution in [2.24, 2.45) is 0 Å². The minimum absolute atomic E-state index is 0.0883. The second-order valence-corrected chi connectivity index (χ2v) is 5.44. The standard InChI is InChI=1S/C11H16N2O4S2/c1-18-11(6-13(15)16)12-4-5-19-8-10-3-2-9(7-14)17-10/h2-3,6,12,14H,4-5,7-8H2,1H3/b11-6-. The Morgan fingerprint density at radius 2 is 2.32 bits per heavy atom. The van der Waals surface area contributed by atoms with Gasteiger partial charge in [-0.2, -0.15) is 11.8 Å². The highest BCUT2D eigenvalue weighted by molar-refractivity contribution is 8.02. The summed E-state index contributed by atoms with van der Waals surface area (Å²) >= 11 is 2.97. The summed E-state index contributed by atoms with van der Waals surface area (Å²) in [6.07, 6.45) is 2.75. The minimum atomic E-state index is -0.467. The maximum atomic E-state index is 10.3. The lowest BCUT2D eigenvalue weighted by molar-refractivity contribution is -0.403. The van der Waals surface area contributed by atoms with Crippen LogP contribution >= 0.6 is 23.5 Å². The van der Waals surface area contributed by atoms with Crippen LogP contribution < -0.4 is 5.32 Å². The molecule has 1 rings (SSSR count). The van der Waals surface area contributed by atoms with E-state index < -0.39 is 4.92 Å². The topological polar surface area (TPSA) is 88.5 Å². The van der Waals surface area contributed by atoms with Crippen molar-refractivity contribution < 1.29 is 14.4 Å². The van der Waals surface area contributed by atoms with Crippen LogP contribution in [0.5, 0.6) is 0 Å². The van der Waals surface area contributed by atoms with Gasteiger partial charge in [0.1, 0.15) is 23.2 Å². The fourth-order valence-corrected chi connectivity index (χ4v) is 2.46. The predicted octanol–water partition coefficient (Wildman–Crippen LogP) is 2.03. The Balaban J connectivity index is 2.18. The number of thioether (sulfide) groups is 2. The molecule has 0 aliphatic carbocycles. The van der Waals surface area contributed by atoms with Crippen molar-refractivity contribution in [1.29, 1.82) is 0 Å². The molecule has 0 spiro atoms. The van der Waals surface area contributed by atoms with E-state index >= 15 is 0 Å². The van der Waals surface area contributed by atoms with Crippen LogP contribution in [0.4, 0.5) is 0 Å². The van der Waals surface area contributed by atoms with Crippen LogP contribution in [0, 0.1) is 10.1 Å². The second kappa shape index (κ2) is 8.89. The van der Waals surface area contributed by atoms with Gasteiger partial charge in [0.25, 0.3) is 6.20 Å². The van der Waals surface area contributed by atoms with Crippen LogP contribution in [-0.2, 0) is 12.4 Å². The summed E-state index contributed by atoms with van der Waals surface area (Å²) in [6.45, 7) is 0.563. The fourth-order valence-electron chi connectivity index (χ4n) is 1.27. The quantitative estimate of drug-likeness (QED) is 0.410. The lowest BCUT2D eigenvalue weighted by Crippen LogP contribution is -2.15. The molecule has 0 radical (unpaired) electrons. The summed E-state index contributed by atoms with van der Waals surface area (Å²) in [5, 5.41) is 22.7. The molecule has 1 aromatic heterocycles. The first kappa shape index (κ1) is 15.9. The second-order valence-electron chi connectivity index (χ2n) is 3.49. The third-order valence-corrected chi connectivity index (χ3v) is 3.78. The summed E-state index contributed by atoms with van der Waals surface area (Å²) in [5.41, 5.74) is 0. The Bertz CT molecular complexity index is 434. The van der Waals surface area contributed by atoms with Gasteiger partial charge in [0.15, 0.2) is 0 Å². The summed E-state index contributed by atoms with van der Waals surface area (Å²) in [4.78, 5) is 9.84. The number of aliphatic hydroxyl groups excluding tert-OH is 1. The van der Waals surface area contributed by atoms with Crippen LogP contribution in [-0.4, -0.2) is 28.6 Å². The highest BCUT2D eigenvalue weighted by atomic mass is 32.2. The molecule has 2 N–H and O–H groups in total. The van der Waals surface area contributed by atoms with Crippen LogP contribution in [0.15, 0.2) is 27.8 Å². The third-order valence-electron chi connectivity index (χ3n) is 2.11. The molecule has 0 aliphatic heterocycles. The Kier molecular flexibility index (Phi) is 7.46. The monoisotopic (exact) mass is 304 g/mol. The molecule has 0 saturated carbocycles. The van der Waals surface area contributed by atoms with Gasteiger partial charge in [-0.15, -0.1) is 11.8 Å². The first-order valence-corrected chi connectivity index (χ1v) is 7.93. The molecular formula is C11H16N2O4S2. The van der Waals surface area contributed by atoms with Gasteiger partial charge in [0, 0.05) is 12.3 Å². The van der Waals surface area contributed by atoms with Gasteiger partial charge >= 0.3 is 0 Å². The van der Waals surface area contributed by atoms with Gasteiger partial charge in [0.05, 0.1) is 10.7 Å². The van der Waals surface area contributed by atoms with Crippen LogP contribution in [0.25, 0.3) is 0 Å². The number of hydrogen-bond donors (Lipinski definition) is 2. The first-order chi connectivity index (χ1) is 9.15. The van der Waals surface area contributed by atoms with Crippen molar-refractivity contribution in [3.05, 3.63) is 45.0 Å². The number of nitro groups is 1. The van der Waals surface area contributed by atoms with Crippen molar-refractivity contribution in [2.45, 2.75) is 12.4 Å². The molecule has 0 unspecified atom stereocenters. The minimum Gasteiger partial charge on any atom is -0.463 e. The average Bonchev–Trinajstić information content (AvgIpc) is 2.84. The normalized spacial score (nSPS) is 11.6. The highest BCUT2D eigenvalue weighted by Gasteiger charge is 2.02. The zero-order valence-corrected chi connectivity index (χ0v) is 12.1. The van der Waals surface area contributed by atoms with Gasteiger partial charge in [0.2, 0.25) is 0 Å². The van der Waals surface area contributed by atoms with E-state index in [1.807, 2.05) is 6.07 Å². The number of nitrogens with one attached hydrogen (secondary N) is 1. The lowest BCUT2D eigenvalue weighted by Gasteiger charge is -2.05. The van der Waals surface area contributed by atoms with Crippen molar-refractivity contribution >= 4 is 23.5 Å². The Morgan fingerprint density at radius 3 is 2.89 bits per heavy atom. The van der Waals surface area contributed by atoms with Crippen LogP contribution in [0.3, 0.4) is 0 Å². The molecule has 0 amide bonds. The van der Waals surface area contributed by atoms with Gasteiger partial charge in [-0.1, -0.05) is 0 Å². The summed E-state index contributed by atoms with van der Waals surface area (Å²) in [7, 11) is 0. The van der Waals surface area contributed by atoms with E-state index in [1.165, 1.54) is 11.8 Å². The number of rotatable bonds is 9. The maximum Gasteiger partial charge on any atom is 0.263 e. The predicted molar refractivity (Wildman–Crippen MR) is 77.4 cm³/mol.